The molecule has 0 atom stereocenters. The van der Waals surface area contributed by atoms with E-state index < -0.39 is 0 Å². The Morgan fingerprint density at radius 1 is 1.11 bits per heavy atom. The number of nitrogens with one attached hydrogen (secondary N) is 2. The maximum Gasteiger partial charge on any atom is 0.224 e. The molecule has 0 unspecified atom stereocenters. The Bertz CT molecular complexity index is 659. The number of amides is 1. The zero-order valence-electron chi connectivity index (χ0n) is 16.7. The first-order valence-electron chi connectivity index (χ1n) is 10.1. The van der Waals surface area contributed by atoms with Crippen LogP contribution in [0.1, 0.15) is 44.1 Å². The van der Waals surface area contributed by atoms with Crippen molar-refractivity contribution in [1.29, 1.82) is 0 Å². The minimum absolute atomic E-state index is 0. The average Bonchev–Trinajstić information content (AvgIpc) is 3.07. The summed E-state index contributed by atoms with van der Waals surface area (Å²) in [5.41, 5.74) is 1.31. The lowest BCUT2D eigenvalue weighted by molar-refractivity contribution is -0.120. The van der Waals surface area contributed by atoms with Gasteiger partial charge in [0.15, 0.2) is 5.96 Å². The van der Waals surface area contributed by atoms with Gasteiger partial charge in [0.25, 0.3) is 0 Å². The molecule has 156 valence electrons. The van der Waals surface area contributed by atoms with E-state index in [9.17, 15) is 9.18 Å². The van der Waals surface area contributed by atoms with Crippen LogP contribution in [-0.4, -0.2) is 50.0 Å². The smallest absolute Gasteiger partial charge is 0.224 e. The monoisotopic (exact) mass is 502 g/mol. The predicted octanol–water partition coefficient (Wildman–Crippen LogP) is 3.33. The fraction of sp³-hybridized carbons (Fsp3) is 0.619. The number of benzene rings is 1. The van der Waals surface area contributed by atoms with Gasteiger partial charge in [-0.3, -0.25) is 9.79 Å². The van der Waals surface area contributed by atoms with E-state index in [1.54, 1.807) is 12.1 Å². The van der Waals surface area contributed by atoms with Gasteiger partial charge in [-0.2, -0.15) is 0 Å². The van der Waals surface area contributed by atoms with Crippen molar-refractivity contribution < 1.29 is 9.18 Å². The van der Waals surface area contributed by atoms with Crippen LogP contribution in [-0.2, 0) is 11.2 Å². The number of carbonyl (C=O) groups is 1. The van der Waals surface area contributed by atoms with Crippen LogP contribution in [0.25, 0.3) is 0 Å². The summed E-state index contributed by atoms with van der Waals surface area (Å²) in [6, 6.07) is 6.04. The standard InChI is InChI=1S/C21H31FN4O.HI/c1-23-20(26-14-11-21(16-26)9-3-2-4-10-21)25-13-12-24-19(27)15-17-5-7-18(22)8-6-17;/h5-8H,2-4,9-16H2,1H3,(H,23,25)(H,24,27);1H. The lowest BCUT2D eigenvalue weighted by Gasteiger charge is -2.33. The number of halogens is 2. The van der Waals surface area contributed by atoms with Crippen molar-refractivity contribution in [3.8, 4) is 0 Å². The van der Waals surface area contributed by atoms with Crippen molar-refractivity contribution in [2.75, 3.05) is 33.2 Å². The van der Waals surface area contributed by atoms with E-state index in [1.807, 2.05) is 7.05 Å². The second kappa shape index (κ2) is 11.0. The lowest BCUT2D eigenvalue weighted by Crippen LogP contribution is -2.44. The molecule has 1 saturated heterocycles. The molecular weight excluding hydrogens is 470 g/mol. The summed E-state index contributed by atoms with van der Waals surface area (Å²) in [6.07, 6.45) is 8.33. The Hall–Kier alpha value is -1.38. The highest BCUT2D eigenvalue weighted by molar-refractivity contribution is 14.0. The molecule has 2 N–H and O–H groups in total. The number of nitrogens with zero attached hydrogens (tertiary/aromatic N) is 2. The van der Waals surface area contributed by atoms with Gasteiger partial charge < -0.3 is 15.5 Å². The normalized spacial score (nSPS) is 18.6. The number of rotatable bonds is 5. The first kappa shape index (κ1) is 22.9. The molecule has 1 aromatic rings. The van der Waals surface area contributed by atoms with E-state index in [0.29, 0.717) is 18.5 Å². The Labute approximate surface area is 184 Å². The van der Waals surface area contributed by atoms with E-state index in [2.05, 4.69) is 20.5 Å². The Kier molecular flexibility index (Phi) is 8.98. The van der Waals surface area contributed by atoms with Gasteiger partial charge in [0, 0.05) is 33.2 Å². The molecule has 28 heavy (non-hydrogen) atoms. The molecule has 0 aromatic heterocycles. The number of guanidine groups is 1. The van der Waals surface area contributed by atoms with Crippen LogP contribution in [0.5, 0.6) is 0 Å². The number of hydrogen-bond acceptors (Lipinski definition) is 2. The number of aliphatic imine (C=N–C) groups is 1. The van der Waals surface area contributed by atoms with Crippen molar-refractivity contribution in [3.63, 3.8) is 0 Å². The van der Waals surface area contributed by atoms with E-state index in [-0.39, 0.29) is 42.1 Å². The van der Waals surface area contributed by atoms with Crippen molar-refractivity contribution >= 4 is 35.8 Å². The summed E-state index contributed by atoms with van der Waals surface area (Å²) < 4.78 is 12.9. The summed E-state index contributed by atoms with van der Waals surface area (Å²) >= 11 is 0. The second-order valence-electron chi connectivity index (χ2n) is 7.86. The molecule has 5 nitrogen and oxygen atoms in total. The SMILES string of the molecule is CN=C(NCCNC(=O)Cc1ccc(F)cc1)N1CCC2(CCCCC2)C1.I. The highest BCUT2D eigenvalue weighted by Gasteiger charge is 2.39. The molecular formula is C21H32FIN4O. The molecule has 0 bridgehead atoms. The first-order valence-corrected chi connectivity index (χ1v) is 10.1. The molecule has 3 rings (SSSR count). The minimum Gasteiger partial charge on any atom is -0.354 e. The zero-order chi connectivity index (χ0) is 19.1. The average molecular weight is 502 g/mol. The van der Waals surface area contributed by atoms with Crippen LogP contribution in [0.3, 0.4) is 0 Å². The van der Waals surface area contributed by atoms with Gasteiger partial charge in [-0.25, -0.2) is 4.39 Å². The molecule has 1 saturated carbocycles. The van der Waals surface area contributed by atoms with E-state index in [0.717, 1.165) is 24.6 Å². The van der Waals surface area contributed by atoms with Gasteiger partial charge >= 0.3 is 0 Å². The maximum absolute atomic E-state index is 12.9. The maximum atomic E-state index is 12.9. The third-order valence-electron chi connectivity index (χ3n) is 5.87. The van der Waals surface area contributed by atoms with Crippen LogP contribution in [0, 0.1) is 11.2 Å². The van der Waals surface area contributed by atoms with Gasteiger partial charge in [0.2, 0.25) is 5.91 Å². The summed E-state index contributed by atoms with van der Waals surface area (Å²) in [7, 11) is 1.82. The van der Waals surface area contributed by atoms with E-state index in [1.165, 1.54) is 50.7 Å². The van der Waals surface area contributed by atoms with Crippen molar-refractivity contribution in [2.24, 2.45) is 10.4 Å². The van der Waals surface area contributed by atoms with E-state index in [4.69, 9.17) is 0 Å². The van der Waals surface area contributed by atoms with Gasteiger partial charge in [0.1, 0.15) is 5.82 Å². The number of carbonyl (C=O) groups excluding carboxylic acids is 1. The largest absolute Gasteiger partial charge is 0.354 e. The van der Waals surface area contributed by atoms with Crippen molar-refractivity contribution in [2.45, 2.75) is 44.9 Å². The second-order valence-corrected chi connectivity index (χ2v) is 7.86. The fourth-order valence-corrected chi connectivity index (χ4v) is 4.38. The first-order chi connectivity index (χ1) is 13.1. The van der Waals surface area contributed by atoms with Gasteiger partial charge in [-0.05, 0) is 42.4 Å². The Morgan fingerprint density at radius 3 is 2.46 bits per heavy atom. The molecule has 1 spiro atoms. The summed E-state index contributed by atoms with van der Waals surface area (Å²) in [4.78, 5) is 18.8. The van der Waals surface area contributed by atoms with Crippen LogP contribution in [0.15, 0.2) is 29.3 Å². The van der Waals surface area contributed by atoms with E-state index >= 15 is 0 Å². The lowest BCUT2D eigenvalue weighted by atomic mass is 9.73. The van der Waals surface area contributed by atoms with Crippen LogP contribution in [0.4, 0.5) is 4.39 Å². The summed E-state index contributed by atoms with van der Waals surface area (Å²) in [5, 5.41) is 6.28. The van der Waals surface area contributed by atoms with Gasteiger partial charge in [-0.1, -0.05) is 31.4 Å². The van der Waals surface area contributed by atoms with Gasteiger partial charge in [-0.15, -0.1) is 24.0 Å². The van der Waals surface area contributed by atoms with Gasteiger partial charge in [0.05, 0.1) is 6.42 Å². The number of likely N-dealkylation sites (tertiary alicyclic amines) is 1. The highest BCUT2D eigenvalue weighted by Crippen LogP contribution is 2.43. The highest BCUT2D eigenvalue weighted by atomic mass is 127. The molecule has 0 radical (unpaired) electrons. The van der Waals surface area contributed by atoms with Crippen LogP contribution < -0.4 is 10.6 Å². The third kappa shape index (κ3) is 6.32. The summed E-state index contributed by atoms with van der Waals surface area (Å²) in [5.74, 6) is 0.595. The summed E-state index contributed by atoms with van der Waals surface area (Å²) in [6.45, 7) is 3.35. The number of hydrogen-bond donors (Lipinski definition) is 2. The van der Waals surface area contributed by atoms with Crippen molar-refractivity contribution in [1.82, 2.24) is 15.5 Å². The van der Waals surface area contributed by atoms with Crippen LogP contribution in [0.2, 0.25) is 0 Å². The molecule has 1 amide bonds. The Balaban J connectivity index is 0.00000280. The molecule has 1 aliphatic heterocycles. The Morgan fingerprint density at radius 2 is 1.79 bits per heavy atom. The predicted molar refractivity (Wildman–Crippen MR) is 122 cm³/mol. The van der Waals surface area contributed by atoms with Crippen molar-refractivity contribution in [3.05, 3.63) is 35.6 Å². The topological polar surface area (TPSA) is 56.7 Å². The quantitative estimate of drug-likeness (QED) is 0.281. The zero-order valence-corrected chi connectivity index (χ0v) is 19.0. The fourth-order valence-electron chi connectivity index (χ4n) is 4.38. The minimum atomic E-state index is -0.286. The third-order valence-corrected chi connectivity index (χ3v) is 5.87. The molecule has 2 fully saturated rings. The molecule has 1 aromatic carbocycles. The molecule has 2 aliphatic rings. The molecule has 1 heterocycles. The van der Waals surface area contributed by atoms with Crippen LogP contribution >= 0.6 is 24.0 Å². The molecule has 1 aliphatic carbocycles. The molecule has 7 heteroatoms.